The summed E-state index contributed by atoms with van der Waals surface area (Å²) >= 11 is 2.26. The molecule has 1 aromatic heterocycles. The van der Waals surface area contributed by atoms with E-state index in [1.54, 1.807) is 9.58 Å². The molecule has 4 rings (SSSR count). The fourth-order valence-electron chi connectivity index (χ4n) is 4.15. The summed E-state index contributed by atoms with van der Waals surface area (Å²) in [5.41, 5.74) is 1.55. The number of fused-ring (bicyclic) bond motifs is 1. The molecule has 3 aromatic rings. The molecule has 2 heterocycles. The maximum Gasteiger partial charge on any atom is 0.264 e. The summed E-state index contributed by atoms with van der Waals surface area (Å²) < 4.78 is 2.86. The number of benzene rings is 2. The first-order chi connectivity index (χ1) is 15.9. The zero-order valence-electron chi connectivity index (χ0n) is 18.4. The normalized spacial score (nSPS) is 18.8. The van der Waals surface area contributed by atoms with Crippen LogP contribution in [0.5, 0.6) is 0 Å². The number of aliphatic hydroxyl groups is 2. The number of hydrogen-bond acceptors (Lipinski definition) is 5. The van der Waals surface area contributed by atoms with Gasteiger partial charge in [0.2, 0.25) is 0 Å². The molecule has 0 bridgehead atoms. The Labute approximate surface area is 206 Å². The van der Waals surface area contributed by atoms with Crippen LogP contribution >= 0.6 is 22.6 Å². The van der Waals surface area contributed by atoms with Crippen LogP contribution in [-0.4, -0.2) is 37.7 Å². The van der Waals surface area contributed by atoms with E-state index in [9.17, 15) is 9.90 Å². The lowest BCUT2D eigenvalue weighted by atomic mass is 9.83. The van der Waals surface area contributed by atoms with E-state index >= 15 is 0 Å². The minimum Gasteiger partial charge on any atom is -0.396 e. The number of nitrogens with zero attached hydrogens (tertiary/aromatic N) is 4. The Kier molecular flexibility index (Phi) is 7.26. The Hall–Kier alpha value is -2.56. The highest BCUT2D eigenvalue weighted by molar-refractivity contribution is 14.1. The molecule has 0 unspecified atom stereocenters. The van der Waals surface area contributed by atoms with Gasteiger partial charge >= 0.3 is 0 Å². The lowest BCUT2D eigenvalue weighted by Crippen LogP contribution is -2.44. The van der Waals surface area contributed by atoms with Crippen molar-refractivity contribution in [1.29, 1.82) is 0 Å². The van der Waals surface area contributed by atoms with E-state index in [0.29, 0.717) is 31.5 Å². The third-order valence-electron chi connectivity index (χ3n) is 5.99. The molecule has 2 atom stereocenters. The summed E-state index contributed by atoms with van der Waals surface area (Å²) in [6.45, 7) is 2.96. The van der Waals surface area contributed by atoms with Crippen molar-refractivity contribution in [3.63, 3.8) is 0 Å². The monoisotopic (exact) mass is 558 g/mol. The van der Waals surface area contributed by atoms with E-state index in [-0.39, 0.29) is 12.5 Å². The second-order valence-corrected chi connectivity index (χ2v) is 9.50. The van der Waals surface area contributed by atoms with Crippen LogP contribution in [0.2, 0.25) is 0 Å². The Bertz CT molecular complexity index is 1140. The van der Waals surface area contributed by atoms with Gasteiger partial charge in [-0.05, 0) is 52.8 Å². The molecule has 1 aliphatic rings. The van der Waals surface area contributed by atoms with Gasteiger partial charge in [-0.25, -0.2) is 0 Å². The van der Waals surface area contributed by atoms with Crippen molar-refractivity contribution in [2.45, 2.75) is 38.5 Å². The molecule has 8 heteroatoms. The first kappa shape index (κ1) is 23.6. The molecular formula is C25H27IN4O3. The maximum atomic E-state index is 13.5. The van der Waals surface area contributed by atoms with Gasteiger partial charge in [0.15, 0.2) is 5.60 Å². The second-order valence-electron chi connectivity index (χ2n) is 8.25. The number of amides is 1. The van der Waals surface area contributed by atoms with Crippen LogP contribution in [0.4, 0.5) is 5.69 Å². The Balaban J connectivity index is 1.48. The van der Waals surface area contributed by atoms with Crippen LogP contribution in [0.1, 0.15) is 30.2 Å². The lowest BCUT2D eigenvalue weighted by molar-refractivity contribution is -0.139. The fourth-order valence-corrected chi connectivity index (χ4v) is 4.51. The van der Waals surface area contributed by atoms with Crippen LogP contribution in [0.3, 0.4) is 0 Å². The highest BCUT2D eigenvalue weighted by Crippen LogP contribution is 2.45. The Morgan fingerprint density at radius 1 is 1.18 bits per heavy atom. The van der Waals surface area contributed by atoms with Gasteiger partial charge in [0.25, 0.3) is 5.91 Å². The van der Waals surface area contributed by atoms with E-state index in [1.165, 1.54) is 0 Å². The topological polar surface area (TPSA) is 91.5 Å². The van der Waals surface area contributed by atoms with Gasteiger partial charge < -0.3 is 15.1 Å². The van der Waals surface area contributed by atoms with E-state index < -0.39 is 11.5 Å². The molecule has 7 nitrogen and oxygen atoms in total. The van der Waals surface area contributed by atoms with Crippen molar-refractivity contribution in [3.05, 3.63) is 87.3 Å². The molecule has 0 aliphatic carbocycles. The van der Waals surface area contributed by atoms with Crippen LogP contribution < -0.4 is 4.90 Å². The van der Waals surface area contributed by atoms with Crippen molar-refractivity contribution in [3.8, 4) is 0 Å². The SMILES string of the molecule is C[C@@H](/C=C/CCn1cc(CCO)nn1)[C@]1(O)C(=O)N(Cc2ccc(I)cc2)c2ccccc21. The smallest absolute Gasteiger partial charge is 0.264 e. The molecule has 33 heavy (non-hydrogen) atoms. The maximum absolute atomic E-state index is 13.5. The van der Waals surface area contributed by atoms with E-state index in [0.717, 1.165) is 20.5 Å². The van der Waals surface area contributed by atoms with E-state index in [4.69, 9.17) is 5.11 Å². The summed E-state index contributed by atoms with van der Waals surface area (Å²) in [4.78, 5) is 15.2. The molecule has 1 amide bonds. The molecule has 0 spiro atoms. The molecular weight excluding hydrogens is 531 g/mol. The van der Waals surface area contributed by atoms with Gasteiger partial charge in [-0.15, -0.1) is 5.10 Å². The van der Waals surface area contributed by atoms with Crippen LogP contribution in [0.15, 0.2) is 66.9 Å². The molecule has 0 fully saturated rings. The molecule has 1 aliphatic heterocycles. The van der Waals surface area contributed by atoms with Gasteiger partial charge in [-0.2, -0.15) is 0 Å². The van der Waals surface area contributed by atoms with Gasteiger partial charge in [0, 0.05) is 40.8 Å². The van der Waals surface area contributed by atoms with E-state index in [1.807, 2.05) is 73.8 Å². The third kappa shape index (κ3) is 4.87. The summed E-state index contributed by atoms with van der Waals surface area (Å²) in [6, 6.07) is 15.5. The van der Waals surface area contributed by atoms with E-state index in [2.05, 4.69) is 32.9 Å². The van der Waals surface area contributed by atoms with Crippen molar-refractivity contribution < 1.29 is 15.0 Å². The zero-order valence-corrected chi connectivity index (χ0v) is 20.6. The summed E-state index contributed by atoms with van der Waals surface area (Å²) in [6.07, 6.45) is 6.85. The van der Waals surface area contributed by atoms with Crippen molar-refractivity contribution in [2.75, 3.05) is 11.5 Å². The van der Waals surface area contributed by atoms with Crippen LogP contribution in [0.25, 0.3) is 0 Å². The fraction of sp³-hybridized carbons (Fsp3) is 0.320. The first-order valence-electron chi connectivity index (χ1n) is 11.0. The van der Waals surface area contributed by atoms with Gasteiger partial charge in [-0.1, -0.05) is 54.6 Å². The summed E-state index contributed by atoms with van der Waals surface area (Å²) in [5, 5.41) is 28.7. The molecule has 2 aromatic carbocycles. The molecule has 0 radical (unpaired) electrons. The van der Waals surface area contributed by atoms with Crippen LogP contribution in [-0.2, 0) is 29.9 Å². The largest absolute Gasteiger partial charge is 0.396 e. The minimum atomic E-state index is -1.61. The highest BCUT2D eigenvalue weighted by Gasteiger charge is 2.52. The Morgan fingerprint density at radius 3 is 2.70 bits per heavy atom. The van der Waals surface area contributed by atoms with Crippen molar-refractivity contribution >= 4 is 34.2 Å². The molecule has 0 saturated carbocycles. The zero-order chi connectivity index (χ0) is 23.4. The number of aryl methyl sites for hydroxylation is 1. The number of anilines is 1. The number of carbonyl (C=O) groups is 1. The third-order valence-corrected chi connectivity index (χ3v) is 6.71. The number of carbonyl (C=O) groups excluding carboxylic acids is 1. The van der Waals surface area contributed by atoms with Crippen LogP contribution in [0, 0.1) is 9.49 Å². The number of aromatic nitrogens is 3. The van der Waals surface area contributed by atoms with Crippen molar-refractivity contribution in [2.24, 2.45) is 5.92 Å². The summed E-state index contributed by atoms with van der Waals surface area (Å²) in [5.74, 6) is -0.710. The molecule has 2 N–H and O–H groups in total. The highest BCUT2D eigenvalue weighted by atomic mass is 127. The predicted octanol–water partition coefficient (Wildman–Crippen LogP) is 3.43. The standard InChI is InChI=1S/C25H27IN4O3/c1-18(6-4-5-14-29-17-21(13-15-31)27-28-29)25(33)22-7-2-3-8-23(22)30(24(25)32)16-19-9-11-20(26)12-10-19/h2-4,6-12,17-18,31,33H,5,13-16H2,1H3/b6-4+/t18-,25+/m0/s1. The molecule has 172 valence electrons. The summed E-state index contributed by atoms with van der Waals surface area (Å²) in [7, 11) is 0. The van der Waals surface area contributed by atoms with Gasteiger partial charge in [0.1, 0.15) is 0 Å². The second kappa shape index (κ2) is 10.1. The number of rotatable bonds is 9. The number of para-hydroxylation sites is 1. The average Bonchev–Trinajstić information content (AvgIpc) is 3.35. The quantitative estimate of drug-likeness (QED) is 0.310. The number of allylic oxidation sites excluding steroid dienone is 1. The average molecular weight is 558 g/mol. The molecule has 0 saturated heterocycles. The predicted molar refractivity (Wildman–Crippen MR) is 134 cm³/mol. The first-order valence-corrected chi connectivity index (χ1v) is 12.1. The van der Waals surface area contributed by atoms with Crippen molar-refractivity contribution in [1.82, 2.24) is 15.0 Å². The minimum absolute atomic E-state index is 0.0464. The van der Waals surface area contributed by atoms with Gasteiger partial charge in [0.05, 0.1) is 17.9 Å². The van der Waals surface area contributed by atoms with Gasteiger partial charge in [-0.3, -0.25) is 9.48 Å². The number of halogens is 1. The number of aliphatic hydroxyl groups excluding tert-OH is 1. The Morgan fingerprint density at radius 2 is 1.94 bits per heavy atom. The lowest BCUT2D eigenvalue weighted by Gasteiger charge is -2.27. The number of hydrogen-bond donors (Lipinski definition) is 2.